The lowest BCUT2D eigenvalue weighted by molar-refractivity contribution is 1.14. The maximum Gasteiger partial charge on any atom is 0.0836 e. The maximum atomic E-state index is 6.40. The monoisotopic (exact) mass is 314 g/mol. The Morgan fingerprint density at radius 2 is 1.62 bits per heavy atom. The van der Waals surface area contributed by atoms with Crippen LogP contribution in [0.4, 0.5) is 0 Å². The summed E-state index contributed by atoms with van der Waals surface area (Å²) in [6, 6.07) is 15.7. The van der Waals surface area contributed by atoms with Crippen LogP contribution in [0.3, 0.4) is 0 Å². The molecule has 0 heterocycles. The van der Waals surface area contributed by atoms with Crippen LogP contribution in [0.25, 0.3) is 0 Å². The van der Waals surface area contributed by atoms with Crippen molar-refractivity contribution in [3.8, 4) is 0 Å². The Hall–Kier alpha value is -0.500. The number of rotatable bonds is 2. The van der Waals surface area contributed by atoms with Crippen molar-refractivity contribution in [3.05, 3.63) is 69.2 Å². The number of halogens is 3. The van der Waals surface area contributed by atoms with E-state index in [1.54, 1.807) is 0 Å². The quantitative estimate of drug-likeness (QED) is 0.648. The van der Waals surface area contributed by atoms with E-state index in [0.29, 0.717) is 5.02 Å². The molecule has 0 aliphatic heterocycles. The Bertz CT molecular complexity index is 462. The minimum atomic E-state index is -0.170. The Morgan fingerprint density at radius 1 is 0.938 bits per heavy atom. The topological polar surface area (TPSA) is 0 Å². The maximum absolute atomic E-state index is 6.40. The molecule has 0 radical (unpaired) electrons. The van der Waals surface area contributed by atoms with E-state index in [4.69, 9.17) is 23.2 Å². The molecule has 16 heavy (non-hydrogen) atoms. The molecule has 2 rings (SSSR count). The van der Waals surface area contributed by atoms with E-state index >= 15 is 0 Å². The normalized spacial score (nSPS) is 12.4. The zero-order valence-electron chi connectivity index (χ0n) is 8.33. The third-order valence-corrected chi connectivity index (χ3v) is 3.45. The summed E-state index contributed by atoms with van der Waals surface area (Å²) in [6.07, 6.45) is 0. The van der Waals surface area contributed by atoms with Gasteiger partial charge in [-0.3, -0.25) is 0 Å². The third-order valence-electron chi connectivity index (χ3n) is 2.27. The van der Waals surface area contributed by atoms with Crippen molar-refractivity contribution in [2.45, 2.75) is 5.38 Å². The second-order valence-electron chi connectivity index (χ2n) is 3.48. The van der Waals surface area contributed by atoms with Gasteiger partial charge >= 0.3 is 0 Å². The van der Waals surface area contributed by atoms with Crippen LogP contribution in [0, 0.1) is 0 Å². The SMILES string of the molecule is Clc1cc(Br)cc(C(Cl)c2ccccc2)c1. The zero-order valence-corrected chi connectivity index (χ0v) is 11.4. The van der Waals surface area contributed by atoms with Gasteiger partial charge in [0, 0.05) is 9.50 Å². The van der Waals surface area contributed by atoms with Gasteiger partial charge in [-0.05, 0) is 29.3 Å². The molecule has 0 aromatic heterocycles. The molecule has 0 nitrogen and oxygen atoms in total. The Labute approximate surface area is 113 Å². The predicted molar refractivity (Wildman–Crippen MR) is 73.3 cm³/mol. The summed E-state index contributed by atoms with van der Waals surface area (Å²) >= 11 is 15.8. The molecule has 2 aromatic carbocycles. The lowest BCUT2D eigenvalue weighted by Crippen LogP contribution is -1.92. The van der Waals surface area contributed by atoms with E-state index in [-0.39, 0.29) is 5.38 Å². The van der Waals surface area contributed by atoms with E-state index in [9.17, 15) is 0 Å². The highest BCUT2D eigenvalue weighted by molar-refractivity contribution is 9.10. The first-order chi connectivity index (χ1) is 7.66. The van der Waals surface area contributed by atoms with Gasteiger partial charge in [-0.15, -0.1) is 11.6 Å². The fourth-order valence-corrected chi connectivity index (χ4v) is 2.69. The smallest absolute Gasteiger partial charge is 0.0836 e. The molecular formula is C13H9BrCl2. The number of hydrogen-bond donors (Lipinski definition) is 0. The van der Waals surface area contributed by atoms with Crippen LogP contribution in [0.15, 0.2) is 53.0 Å². The van der Waals surface area contributed by atoms with E-state index < -0.39 is 0 Å². The molecule has 82 valence electrons. The summed E-state index contributed by atoms with van der Waals surface area (Å²) in [7, 11) is 0. The average Bonchev–Trinajstić information content (AvgIpc) is 2.28. The molecule has 0 saturated heterocycles. The lowest BCUT2D eigenvalue weighted by atomic mass is 10.0. The van der Waals surface area contributed by atoms with Crippen LogP contribution >= 0.6 is 39.1 Å². The van der Waals surface area contributed by atoms with Crippen molar-refractivity contribution >= 4 is 39.1 Å². The van der Waals surface area contributed by atoms with Gasteiger partial charge < -0.3 is 0 Å². The average molecular weight is 316 g/mol. The summed E-state index contributed by atoms with van der Waals surface area (Å²) < 4.78 is 0.941. The van der Waals surface area contributed by atoms with Gasteiger partial charge in [0.15, 0.2) is 0 Å². The molecule has 0 spiro atoms. The first-order valence-electron chi connectivity index (χ1n) is 4.82. The summed E-state index contributed by atoms with van der Waals surface area (Å²) in [5.41, 5.74) is 2.06. The molecule has 0 saturated carbocycles. The lowest BCUT2D eigenvalue weighted by Gasteiger charge is -2.11. The predicted octanol–water partition coefficient (Wildman–Crippen LogP) is 5.43. The van der Waals surface area contributed by atoms with Crippen LogP contribution in [0.2, 0.25) is 5.02 Å². The van der Waals surface area contributed by atoms with Gasteiger partial charge in [0.25, 0.3) is 0 Å². The van der Waals surface area contributed by atoms with Crippen molar-refractivity contribution in [2.75, 3.05) is 0 Å². The van der Waals surface area contributed by atoms with Crippen LogP contribution in [-0.4, -0.2) is 0 Å². The fourth-order valence-electron chi connectivity index (χ4n) is 1.54. The molecule has 0 bridgehead atoms. The van der Waals surface area contributed by atoms with Gasteiger partial charge in [0.2, 0.25) is 0 Å². The third kappa shape index (κ3) is 2.79. The number of hydrogen-bond acceptors (Lipinski definition) is 0. The highest BCUT2D eigenvalue weighted by Gasteiger charge is 2.11. The number of alkyl halides is 1. The molecule has 1 unspecified atom stereocenters. The molecule has 2 aromatic rings. The van der Waals surface area contributed by atoms with Gasteiger partial charge in [0.1, 0.15) is 0 Å². The minimum absolute atomic E-state index is 0.170. The van der Waals surface area contributed by atoms with Crippen LogP contribution in [0.5, 0.6) is 0 Å². The fraction of sp³-hybridized carbons (Fsp3) is 0.0769. The van der Waals surface area contributed by atoms with Crippen molar-refractivity contribution in [1.29, 1.82) is 0 Å². The van der Waals surface area contributed by atoms with E-state index in [1.165, 1.54) is 0 Å². The van der Waals surface area contributed by atoms with E-state index in [2.05, 4.69) is 15.9 Å². The molecule has 1 atom stereocenters. The van der Waals surface area contributed by atoms with E-state index in [0.717, 1.165) is 15.6 Å². The highest BCUT2D eigenvalue weighted by Crippen LogP contribution is 2.32. The zero-order chi connectivity index (χ0) is 11.5. The molecular weight excluding hydrogens is 307 g/mol. The molecule has 0 aliphatic rings. The van der Waals surface area contributed by atoms with Crippen LogP contribution in [-0.2, 0) is 0 Å². The first-order valence-corrected chi connectivity index (χ1v) is 6.42. The van der Waals surface area contributed by atoms with Gasteiger partial charge in [-0.25, -0.2) is 0 Å². The number of benzene rings is 2. The minimum Gasteiger partial charge on any atom is -0.113 e. The molecule has 0 aliphatic carbocycles. The van der Waals surface area contributed by atoms with Gasteiger partial charge in [-0.2, -0.15) is 0 Å². The van der Waals surface area contributed by atoms with Crippen LogP contribution < -0.4 is 0 Å². The van der Waals surface area contributed by atoms with E-state index in [1.807, 2.05) is 48.5 Å². The van der Waals surface area contributed by atoms with Crippen molar-refractivity contribution in [1.82, 2.24) is 0 Å². The van der Waals surface area contributed by atoms with Crippen molar-refractivity contribution in [3.63, 3.8) is 0 Å². The molecule has 0 amide bonds. The van der Waals surface area contributed by atoms with Gasteiger partial charge in [0.05, 0.1) is 5.38 Å². The van der Waals surface area contributed by atoms with Crippen molar-refractivity contribution < 1.29 is 0 Å². The second kappa shape index (κ2) is 5.22. The Balaban J connectivity index is 2.37. The summed E-state index contributed by atoms with van der Waals surface area (Å²) in [6.45, 7) is 0. The second-order valence-corrected chi connectivity index (χ2v) is 5.26. The molecule has 0 fully saturated rings. The first kappa shape index (κ1) is 12.0. The summed E-state index contributed by atoms with van der Waals surface area (Å²) in [5.74, 6) is 0. The van der Waals surface area contributed by atoms with Crippen molar-refractivity contribution in [2.24, 2.45) is 0 Å². The largest absolute Gasteiger partial charge is 0.113 e. The highest BCUT2D eigenvalue weighted by atomic mass is 79.9. The Morgan fingerprint density at radius 3 is 2.25 bits per heavy atom. The standard InChI is InChI=1S/C13H9BrCl2/c14-11-6-10(7-12(15)8-11)13(16)9-4-2-1-3-5-9/h1-8,13H. The molecule has 0 N–H and O–H groups in total. The Kier molecular flexibility index (Phi) is 3.91. The van der Waals surface area contributed by atoms with Gasteiger partial charge in [-0.1, -0.05) is 57.9 Å². The summed E-state index contributed by atoms with van der Waals surface area (Å²) in [5, 5.41) is 0.516. The summed E-state index contributed by atoms with van der Waals surface area (Å²) in [4.78, 5) is 0. The molecule has 3 heteroatoms. The van der Waals surface area contributed by atoms with Crippen LogP contribution in [0.1, 0.15) is 16.5 Å².